The Balaban J connectivity index is 4.64. The molecule has 0 amide bonds. The summed E-state index contributed by atoms with van der Waals surface area (Å²) in [6.07, 6.45) is 34.6. The van der Waals surface area contributed by atoms with Crippen LogP contribution >= 0.6 is 15.6 Å². The maximum atomic E-state index is 12.6. The smallest absolute Gasteiger partial charge is 0.462 e. The van der Waals surface area contributed by atoms with E-state index in [1.165, 1.54) is 44.9 Å². The van der Waals surface area contributed by atoms with Crippen LogP contribution in [0.15, 0.2) is 60.8 Å². The van der Waals surface area contributed by atoms with Gasteiger partial charge in [-0.15, -0.1) is 0 Å². The summed E-state index contributed by atoms with van der Waals surface area (Å²) in [7, 11) is -9.70. The summed E-state index contributed by atoms with van der Waals surface area (Å²) in [5.74, 6) is -0.310. The molecule has 342 valence electrons. The van der Waals surface area contributed by atoms with E-state index >= 15 is 0 Å². The van der Waals surface area contributed by atoms with Crippen molar-refractivity contribution in [3.05, 3.63) is 60.8 Å². The first-order chi connectivity index (χ1) is 28.2. The molecule has 0 aliphatic rings. The van der Waals surface area contributed by atoms with Crippen molar-refractivity contribution in [2.75, 3.05) is 26.4 Å². The molecule has 0 spiro atoms. The van der Waals surface area contributed by atoms with Gasteiger partial charge in [0, 0.05) is 12.8 Å². The molecule has 5 N–H and O–H groups in total. The van der Waals surface area contributed by atoms with Crippen molar-refractivity contribution in [2.45, 2.75) is 167 Å². The summed E-state index contributed by atoms with van der Waals surface area (Å²) >= 11 is 0. The summed E-state index contributed by atoms with van der Waals surface area (Å²) in [4.78, 5) is 52.6. The van der Waals surface area contributed by atoms with Crippen LogP contribution in [0.5, 0.6) is 0 Å². The lowest BCUT2D eigenvalue weighted by Crippen LogP contribution is -2.30. The maximum Gasteiger partial charge on any atom is 0.472 e. The fraction of sp³-hybridized carbons (Fsp3) is 0.721. The Labute approximate surface area is 354 Å². The Morgan fingerprint density at radius 2 is 1.12 bits per heavy atom. The lowest BCUT2D eigenvalue weighted by atomic mass is 9.99. The second-order valence-electron chi connectivity index (χ2n) is 14.7. The zero-order valence-corrected chi connectivity index (χ0v) is 37.6. The van der Waals surface area contributed by atoms with Crippen LogP contribution in [-0.4, -0.2) is 81.6 Å². The fourth-order valence-electron chi connectivity index (χ4n) is 5.31. The predicted molar refractivity (Wildman–Crippen MR) is 231 cm³/mol. The van der Waals surface area contributed by atoms with Crippen molar-refractivity contribution in [3.63, 3.8) is 0 Å². The Kier molecular flexibility index (Phi) is 36.1. The topological polar surface area (TPSA) is 216 Å². The number of hydrogen-bond donors (Lipinski definition) is 5. The second-order valence-corrected chi connectivity index (χ2v) is 17.4. The largest absolute Gasteiger partial charge is 0.472 e. The van der Waals surface area contributed by atoms with E-state index in [0.29, 0.717) is 25.7 Å². The molecule has 0 aromatic carbocycles. The summed E-state index contributed by atoms with van der Waals surface area (Å²) in [5, 5.41) is 19.2. The summed E-state index contributed by atoms with van der Waals surface area (Å²) in [6.45, 7) is 3.67. The van der Waals surface area contributed by atoms with Crippen LogP contribution in [0.3, 0.4) is 0 Å². The normalized spacial score (nSPS) is 15.7. The highest BCUT2D eigenvalue weighted by Gasteiger charge is 2.28. The molecular weight excluding hydrogens is 802 g/mol. The zero-order chi connectivity index (χ0) is 44.0. The zero-order valence-electron chi connectivity index (χ0n) is 35.9. The second kappa shape index (κ2) is 37.5. The average Bonchev–Trinajstić information content (AvgIpc) is 3.19. The lowest BCUT2D eigenvalue weighted by molar-refractivity contribution is -0.161. The van der Waals surface area contributed by atoms with Crippen LogP contribution < -0.4 is 0 Å². The monoisotopic (exact) mass is 878 g/mol. The average molecular weight is 879 g/mol. The van der Waals surface area contributed by atoms with Crippen molar-refractivity contribution in [1.82, 2.24) is 0 Å². The first-order valence-electron chi connectivity index (χ1n) is 21.5. The SMILES string of the molecule is CCC(C)CCCCCCCCCCCCC(=O)O[C@H](COC(=O)CCC/C=C\C/C=C\C/C=C\C/C=C\C=C\[C@@H](O)CC)COP(=O)(O)OC[C@@H](O)COP(=O)(O)O. The van der Waals surface area contributed by atoms with E-state index in [-0.39, 0.29) is 12.8 Å². The summed E-state index contributed by atoms with van der Waals surface area (Å²) in [6, 6.07) is 0. The van der Waals surface area contributed by atoms with E-state index < -0.39 is 72.3 Å². The highest BCUT2D eigenvalue weighted by molar-refractivity contribution is 7.47. The van der Waals surface area contributed by atoms with Crippen molar-refractivity contribution in [3.8, 4) is 0 Å². The van der Waals surface area contributed by atoms with Crippen LogP contribution in [0.4, 0.5) is 0 Å². The van der Waals surface area contributed by atoms with Gasteiger partial charge in [0.1, 0.15) is 12.7 Å². The molecule has 5 atom stereocenters. The van der Waals surface area contributed by atoms with E-state index in [4.69, 9.17) is 23.8 Å². The van der Waals surface area contributed by atoms with Gasteiger partial charge in [0.05, 0.1) is 25.9 Å². The number of aliphatic hydroxyl groups excluding tert-OH is 2. The van der Waals surface area contributed by atoms with Crippen LogP contribution in [0.2, 0.25) is 0 Å². The Bertz CT molecular complexity index is 1310. The Morgan fingerprint density at radius 3 is 1.71 bits per heavy atom. The third kappa shape index (κ3) is 40.9. The number of phosphoric acid groups is 2. The van der Waals surface area contributed by atoms with Crippen LogP contribution in [-0.2, 0) is 41.8 Å². The van der Waals surface area contributed by atoms with Gasteiger partial charge >= 0.3 is 27.6 Å². The van der Waals surface area contributed by atoms with Crippen molar-refractivity contribution in [1.29, 1.82) is 0 Å². The minimum absolute atomic E-state index is 0.102. The Morgan fingerprint density at radius 1 is 0.593 bits per heavy atom. The quantitative estimate of drug-likeness (QED) is 0.0128. The van der Waals surface area contributed by atoms with Crippen molar-refractivity contribution < 1.29 is 66.7 Å². The molecule has 0 aromatic rings. The van der Waals surface area contributed by atoms with Gasteiger partial charge in [-0.3, -0.25) is 23.2 Å². The van der Waals surface area contributed by atoms with Gasteiger partial charge in [-0.1, -0.05) is 152 Å². The number of phosphoric ester groups is 2. The molecule has 59 heavy (non-hydrogen) atoms. The molecule has 0 aliphatic heterocycles. The first-order valence-corrected chi connectivity index (χ1v) is 24.5. The molecule has 0 saturated carbocycles. The number of unbranched alkanes of at least 4 members (excludes halogenated alkanes) is 10. The van der Waals surface area contributed by atoms with Crippen LogP contribution in [0, 0.1) is 5.92 Å². The van der Waals surface area contributed by atoms with Gasteiger partial charge in [0.2, 0.25) is 0 Å². The van der Waals surface area contributed by atoms with Gasteiger partial charge in [-0.05, 0) is 50.9 Å². The third-order valence-corrected chi connectivity index (χ3v) is 10.5. The number of hydrogen-bond acceptors (Lipinski definition) is 11. The number of rotatable bonds is 39. The number of ether oxygens (including phenoxy) is 2. The van der Waals surface area contributed by atoms with Crippen molar-refractivity contribution >= 4 is 27.6 Å². The standard InChI is InChI=1S/C43H76O14P2/c1-4-38(3)30-26-22-18-14-12-13-17-21-25-29-33-43(47)57-41(37-56-59(51,52)55-35-40(45)34-54-58(48,49)50)36-53-42(46)32-28-24-20-16-11-9-7-6-8-10-15-19-23-27-31-39(44)5-2/h7-10,16,19-20,23,27,31,38-41,44-45H,4-6,11-15,17-18,21-22,24-26,28-30,32-37H2,1-3H3,(H,51,52)(H2,48,49,50)/b9-7-,10-8-,20-16-,23-19-,31-27+/t38?,39-,40-,41+/m0/s1. The fourth-order valence-corrected chi connectivity index (χ4v) is 6.47. The lowest BCUT2D eigenvalue weighted by Gasteiger charge is -2.20. The van der Waals surface area contributed by atoms with Crippen molar-refractivity contribution in [2.24, 2.45) is 5.92 Å². The molecule has 0 radical (unpaired) electrons. The number of aliphatic hydroxyl groups is 2. The van der Waals surface area contributed by atoms with E-state index in [9.17, 15) is 33.8 Å². The van der Waals surface area contributed by atoms with Gasteiger partial charge in [-0.25, -0.2) is 9.13 Å². The molecule has 0 saturated heterocycles. The third-order valence-electron chi connectivity index (χ3n) is 9.11. The first kappa shape index (κ1) is 56.8. The Hall–Kier alpha value is -2.22. The highest BCUT2D eigenvalue weighted by Crippen LogP contribution is 2.43. The molecule has 0 aliphatic carbocycles. The molecule has 0 fully saturated rings. The van der Waals surface area contributed by atoms with Gasteiger partial charge in [0.15, 0.2) is 6.10 Å². The number of carbonyl (C=O) groups is 2. The number of carbonyl (C=O) groups excluding carboxylic acids is 2. The maximum absolute atomic E-state index is 12.6. The molecule has 0 heterocycles. The van der Waals surface area contributed by atoms with Gasteiger partial charge in [0.25, 0.3) is 0 Å². The highest BCUT2D eigenvalue weighted by atomic mass is 31.2. The molecule has 16 heteroatoms. The van der Waals surface area contributed by atoms with Crippen LogP contribution in [0.1, 0.15) is 149 Å². The molecule has 2 unspecified atom stereocenters. The minimum Gasteiger partial charge on any atom is -0.462 e. The van der Waals surface area contributed by atoms with Gasteiger partial charge < -0.3 is 34.4 Å². The molecule has 0 bridgehead atoms. The minimum atomic E-state index is -4.87. The molecule has 0 rings (SSSR count). The predicted octanol–water partition coefficient (Wildman–Crippen LogP) is 9.66. The van der Waals surface area contributed by atoms with E-state index in [0.717, 1.165) is 50.9 Å². The molecule has 14 nitrogen and oxygen atoms in total. The van der Waals surface area contributed by atoms with Crippen LogP contribution in [0.25, 0.3) is 0 Å². The number of allylic oxidation sites excluding steroid dienone is 9. The molecular formula is C43H76O14P2. The number of esters is 2. The van der Waals surface area contributed by atoms with E-state index in [2.05, 4.69) is 47.2 Å². The van der Waals surface area contributed by atoms with Gasteiger partial charge in [-0.2, -0.15) is 0 Å². The summed E-state index contributed by atoms with van der Waals surface area (Å²) < 4.78 is 47.7. The van der Waals surface area contributed by atoms with E-state index in [1.54, 1.807) is 6.08 Å². The summed E-state index contributed by atoms with van der Waals surface area (Å²) in [5.41, 5.74) is 0. The van der Waals surface area contributed by atoms with E-state index in [1.807, 2.05) is 37.3 Å². The molecule has 0 aromatic heterocycles.